The van der Waals surface area contributed by atoms with Crippen molar-refractivity contribution < 1.29 is 27.6 Å². The van der Waals surface area contributed by atoms with Crippen molar-refractivity contribution in [2.24, 2.45) is 0 Å². The molecular weight excluding hydrogens is 334 g/mol. The van der Waals surface area contributed by atoms with E-state index in [2.05, 4.69) is 0 Å². The summed E-state index contributed by atoms with van der Waals surface area (Å²) in [6, 6.07) is 6.47. The Balaban J connectivity index is 1.96. The standard InChI is InChI=1S/C16H17NO6S/c1-11-4-6-12(7-5-11)24(20,21)13-3-2-10-17-16(13)22-14(18)8-9-15(19)23-17/h4-9,13,16H,2-3,10H2,1H3/b9-8-. The normalized spacial score (nSPS) is 26.5. The van der Waals surface area contributed by atoms with E-state index in [1.165, 1.54) is 12.1 Å². The Bertz CT molecular complexity index is 783. The van der Waals surface area contributed by atoms with Crippen LogP contribution in [0.2, 0.25) is 0 Å². The molecule has 0 bridgehead atoms. The average molecular weight is 351 g/mol. The molecule has 1 saturated heterocycles. The first-order chi connectivity index (χ1) is 11.4. The highest BCUT2D eigenvalue weighted by atomic mass is 32.2. The van der Waals surface area contributed by atoms with Crippen LogP contribution in [0, 0.1) is 6.92 Å². The van der Waals surface area contributed by atoms with Crippen LogP contribution in [0.4, 0.5) is 0 Å². The lowest BCUT2D eigenvalue weighted by Crippen LogP contribution is -2.54. The molecule has 0 N–H and O–H groups in total. The van der Waals surface area contributed by atoms with E-state index in [1.807, 2.05) is 6.92 Å². The number of benzene rings is 1. The smallest absolute Gasteiger partial charge is 0.350 e. The molecule has 2 aliphatic rings. The molecule has 8 heteroatoms. The molecule has 2 atom stereocenters. The van der Waals surface area contributed by atoms with Crippen molar-refractivity contribution in [2.75, 3.05) is 6.54 Å². The van der Waals surface area contributed by atoms with Gasteiger partial charge < -0.3 is 9.57 Å². The second kappa shape index (κ2) is 6.37. The number of hydrogen-bond acceptors (Lipinski definition) is 7. The molecule has 2 heterocycles. The lowest BCUT2D eigenvalue weighted by atomic mass is 10.1. The van der Waals surface area contributed by atoms with E-state index in [1.54, 1.807) is 12.1 Å². The zero-order valence-electron chi connectivity index (χ0n) is 13.0. The van der Waals surface area contributed by atoms with Crippen LogP contribution >= 0.6 is 0 Å². The Morgan fingerprint density at radius 2 is 1.75 bits per heavy atom. The van der Waals surface area contributed by atoms with Crippen molar-refractivity contribution in [3.63, 3.8) is 0 Å². The fourth-order valence-electron chi connectivity index (χ4n) is 2.79. The minimum atomic E-state index is -3.75. The Labute approximate surface area is 139 Å². The molecule has 0 aliphatic carbocycles. The maximum Gasteiger partial charge on any atom is 0.350 e. The van der Waals surface area contributed by atoms with Crippen molar-refractivity contribution in [1.29, 1.82) is 0 Å². The Hall–Kier alpha value is -2.19. The topological polar surface area (TPSA) is 90.0 Å². The summed E-state index contributed by atoms with van der Waals surface area (Å²) in [5.74, 6) is -1.50. The van der Waals surface area contributed by atoms with Crippen LogP contribution in [0.15, 0.2) is 41.3 Å². The van der Waals surface area contributed by atoms with E-state index in [9.17, 15) is 18.0 Å². The molecule has 7 nitrogen and oxygen atoms in total. The number of sulfone groups is 1. The van der Waals surface area contributed by atoms with Crippen molar-refractivity contribution >= 4 is 21.8 Å². The Kier molecular flexibility index (Phi) is 4.42. The number of nitrogens with zero attached hydrogens (tertiary/aromatic N) is 1. The number of piperidine rings is 1. The predicted octanol–water partition coefficient (Wildman–Crippen LogP) is 1.13. The van der Waals surface area contributed by atoms with Gasteiger partial charge in [-0.1, -0.05) is 22.8 Å². The monoisotopic (exact) mass is 351 g/mol. The summed E-state index contributed by atoms with van der Waals surface area (Å²) in [4.78, 5) is 28.6. The third kappa shape index (κ3) is 3.20. The molecule has 1 aromatic rings. The molecule has 3 rings (SSSR count). The first kappa shape index (κ1) is 16.7. The highest BCUT2D eigenvalue weighted by Crippen LogP contribution is 2.30. The number of ether oxygens (including phenoxy) is 1. The summed E-state index contributed by atoms with van der Waals surface area (Å²) in [5.41, 5.74) is 0.940. The largest absolute Gasteiger partial charge is 0.439 e. The van der Waals surface area contributed by atoms with Gasteiger partial charge in [0.25, 0.3) is 0 Å². The van der Waals surface area contributed by atoms with Crippen LogP contribution in [-0.2, 0) is 29.0 Å². The molecule has 2 aliphatic heterocycles. The number of esters is 1. The molecule has 0 spiro atoms. The molecule has 0 saturated carbocycles. The van der Waals surface area contributed by atoms with E-state index in [4.69, 9.17) is 9.57 Å². The highest BCUT2D eigenvalue weighted by molar-refractivity contribution is 7.92. The van der Waals surface area contributed by atoms with Crippen molar-refractivity contribution in [2.45, 2.75) is 36.1 Å². The van der Waals surface area contributed by atoms with Crippen LogP contribution in [0.5, 0.6) is 0 Å². The molecule has 1 fully saturated rings. The third-order valence-corrected chi connectivity index (χ3v) is 6.21. The van der Waals surface area contributed by atoms with E-state index < -0.39 is 33.3 Å². The van der Waals surface area contributed by atoms with Crippen molar-refractivity contribution in [1.82, 2.24) is 5.06 Å². The fourth-order valence-corrected chi connectivity index (χ4v) is 4.63. The summed E-state index contributed by atoms with van der Waals surface area (Å²) in [5, 5.41) is 0.140. The molecule has 0 aromatic heterocycles. The quantitative estimate of drug-likeness (QED) is 0.738. The number of carbonyl (C=O) groups is 2. The predicted molar refractivity (Wildman–Crippen MR) is 83.2 cm³/mol. The minimum absolute atomic E-state index is 0.153. The highest BCUT2D eigenvalue weighted by Gasteiger charge is 2.45. The average Bonchev–Trinajstić information content (AvgIpc) is 2.53. The molecule has 128 valence electrons. The molecular formula is C16H17NO6S. The number of hydrogen-bond donors (Lipinski definition) is 0. The third-order valence-electron chi connectivity index (χ3n) is 4.02. The number of aryl methyl sites for hydroxylation is 1. The van der Waals surface area contributed by atoms with Gasteiger partial charge in [0.05, 0.1) is 4.90 Å². The summed E-state index contributed by atoms with van der Waals surface area (Å²) in [6.07, 6.45) is 1.54. The summed E-state index contributed by atoms with van der Waals surface area (Å²) in [6.45, 7) is 2.17. The molecule has 2 unspecified atom stereocenters. The summed E-state index contributed by atoms with van der Waals surface area (Å²) < 4.78 is 31.2. The van der Waals surface area contributed by atoms with Crippen LogP contribution in [0.1, 0.15) is 18.4 Å². The van der Waals surface area contributed by atoms with Crippen molar-refractivity contribution in [3.05, 3.63) is 42.0 Å². The van der Waals surface area contributed by atoms with Crippen molar-refractivity contribution in [3.8, 4) is 0 Å². The maximum absolute atomic E-state index is 13.0. The zero-order valence-corrected chi connectivity index (χ0v) is 13.9. The van der Waals surface area contributed by atoms with Gasteiger partial charge in [0.2, 0.25) is 6.23 Å². The van der Waals surface area contributed by atoms with Crippen LogP contribution in [0.25, 0.3) is 0 Å². The Morgan fingerprint density at radius 1 is 1.08 bits per heavy atom. The van der Waals surface area contributed by atoms with Gasteiger partial charge in [-0.3, -0.25) is 0 Å². The first-order valence-corrected chi connectivity index (χ1v) is 9.10. The van der Waals surface area contributed by atoms with Crippen LogP contribution < -0.4 is 0 Å². The van der Waals surface area contributed by atoms with Gasteiger partial charge >= 0.3 is 11.9 Å². The van der Waals surface area contributed by atoms with Crippen LogP contribution in [0.3, 0.4) is 0 Å². The first-order valence-electron chi connectivity index (χ1n) is 7.56. The van der Waals surface area contributed by atoms with Gasteiger partial charge in [-0.15, -0.1) is 0 Å². The zero-order chi connectivity index (χ0) is 17.3. The van der Waals surface area contributed by atoms with Gasteiger partial charge in [0.1, 0.15) is 5.25 Å². The van der Waals surface area contributed by atoms with Gasteiger partial charge in [0, 0.05) is 18.7 Å². The molecule has 0 radical (unpaired) electrons. The SMILES string of the molecule is Cc1ccc(S(=O)(=O)C2CCCN3OC(=O)/C=C\C(=O)OC23)cc1. The molecule has 24 heavy (non-hydrogen) atoms. The van der Waals surface area contributed by atoms with E-state index in [0.717, 1.165) is 22.8 Å². The lowest BCUT2D eigenvalue weighted by molar-refractivity contribution is -0.245. The Morgan fingerprint density at radius 3 is 2.46 bits per heavy atom. The van der Waals surface area contributed by atoms with Gasteiger partial charge in [-0.2, -0.15) is 0 Å². The minimum Gasteiger partial charge on any atom is -0.439 e. The summed E-state index contributed by atoms with van der Waals surface area (Å²) in [7, 11) is -3.75. The maximum atomic E-state index is 13.0. The number of rotatable bonds is 2. The second-order valence-corrected chi connectivity index (χ2v) is 7.92. The molecule has 1 aromatic carbocycles. The van der Waals surface area contributed by atoms with E-state index in [-0.39, 0.29) is 4.90 Å². The van der Waals surface area contributed by atoms with E-state index in [0.29, 0.717) is 19.4 Å². The number of carbonyl (C=O) groups excluding carboxylic acids is 2. The van der Waals surface area contributed by atoms with Crippen LogP contribution in [-0.4, -0.2) is 43.4 Å². The number of hydroxylamine groups is 2. The van der Waals surface area contributed by atoms with Gasteiger partial charge in [0.15, 0.2) is 9.84 Å². The number of fused-ring (bicyclic) bond motifs is 1. The van der Waals surface area contributed by atoms with Gasteiger partial charge in [-0.05, 0) is 31.9 Å². The second-order valence-electron chi connectivity index (χ2n) is 5.75. The molecule has 0 amide bonds. The summed E-state index contributed by atoms with van der Waals surface area (Å²) >= 11 is 0. The lowest BCUT2D eigenvalue weighted by Gasteiger charge is -2.38. The fraction of sp³-hybridized carbons (Fsp3) is 0.375. The van der Waals surface area contributed by atoms with Gasteiger partial charge in [-0.25, -0.2) is 18.0 Å². The van der Waals surface area contributed by atoms with E-state index >= 15 is 0 Å².